The first kappa shape index (κ1) is 22.4. The summed E-state index contributed by atoms with van der Waals surface area (Å²) >= 11 is 0. The minimum atomic E-state index is -1.50. The minimum Gasteiger partial charge on any atom is -0.463 e. The van der Waals surface area contributed by atoms with Crippen molar-refractivity contribution in [2.75, 3.05) is 6.61 Å². The highest BCUT2D eigenvalue weighted by atomic mass is 16.8. The van der Waals surface area contributed by atoms with Gasteiger partial charge in [-0.1, -0.05) is 12.1 Å². The summed E-state index contributed by atoms with van der Waals surface area (Å²) in [5, 5.41) is 0.505. The number of esters is 3. The molecule has 1 saturated heterocycles. The first-order chi connectivity index (χ1) is 14.7. The molecule has 11 nitrogen and oxygen atoms in total. The van der Waals surface area contributed by atoms with E-state index in [-0.39, 0.29) is 24.2 Å². The first-order valence-corrected chi connectivity index (χ1v) is 9.45. The van der Waals surface area contributed by atoms with E-state index in [9.17, 15) is 24.0 Å². The maximum Gasteiger partial charge on any atom is 0.303 e. The summed E-state index contributed by atoms with van der Waals surface area (Å²) < 4.78 is 21.1. The van der Waals surface area contributed by atoms with Gasteiger partial charge in [-0.15, -0.1) is 5.06 Å². The SMILES string of the molecule is CC(=O)OCC1C[C@H](OC(C)=O)[C@@H](OC(C)=O)[C@H](ON2C(=O)c3ccccc3C2=O)O1. The molecule has 2 amide bonds. The lowest BCUT2D eigenvalue weighted by molar-refractivity contribution is -0.320. The number of hydrogen-bond donors (Lipinski definition) is 0. The molecule has 1 unspecified atom stereocenters. The Morgan fingerprint density at radius 3 is 2.06 bits per heavy atom. The largest absolute Gasteiger partial charge is 0.463 e. The molecule has 1 aromatic rings. The zero-order valence-corrected chi connectivity index (χ0v) is 17.1. The molecule has 4 atom stereocenters. The topological polar surface area (TPSA) is 135 Å². The van der Waals surface area contributed by atoms with Crippen LogP contribution in [0.1, 0.15) is 47.9 Å². The van der Waals surface area contributed by atoms with Gasteiger partial charge in [0.2, 0.25) is 6.29 Å². The number of carbonyl (C=O) groups is 5. The summed E-state index contributed by atoms with van der Waals surface area (Å²) in [6, 6.07) is 6.13. The Morgan fingerprint density at radius 2 is 1.55 bits per heavy atom. The molecule has 0 N–H and O–H groups in total. The normalized spacial score (nSPS) is 25.1. The number of rotatable bonds is 6. The number of hydrogen-bond acceptors (Lipinski definition) is 10. The second-order valence-corrected chi connectivity index (χ2v) is 6.94. The van der Waals surface area contributed by atoms with Gasteiger partial charge in [0.15, 0.2) is 6.10 Å². The van der Waals surface area contributed by atoms with E-state index in [4.69, 9.17) is 23.8 Å². The Bertz CT molecular complexity index is 878. The zero-order valence-electron chi connectivity index (χ0n) is 17.1. The number of nitrogens with zero attached hydrogens (tertiary/aromatic N) is 1. The molecule has 0 aliphatic carbocycles. The third kappa shape index (κ3) is 5.06. The molecule has 31 heavy (non-hydrogen) atoms. The second-order valence-electron chi connectivity index (χ2n) is 6.94. The van der Waals surface area contributed by atoms with Gasteiger partial charge in [-0.05, 0) is 12.1 Å². The van der Waals surface area contributed by atoms with E-state index in [1.807, 2.05) is 0 Å². The maximum atomic E-state index is 12.6. The van der Waals surface area contributed by atoms with Crippen LogP contribution in [0.25, 0.3) is 0 Å². The van der Waals surface area contributed by atoms with Crippen molar-refractivity contribution >= 4 is 29.7 Å². The van der Waals surface area contributed by atoms with Crippen LogP contribution in [0.5, 0.6) is 0 Å². The van der Waals surface area contributed by atoms with Crippen LogP contribution in [-0.2, 0) is 38.2 Å². The molecular formula is C20H21NO10. The van der Waals surface area contributed by atoms with Gasteiger partial charge < -0.3 is 18.9 Å². The minimum absolute atomic E-state index is 0.0206. The standard InChI is InChI=1S/C20H21NO10/c1-10(22)27-9-13-8-16(28-11(2)23)17(29-12(3)24)20(30-13)31-21-18(25)14-6-4-5-7-15(14)19(21)26/h4-7,13,16-17,20H,8-9H2,1-3H3/t13?,16-,17+,20-/m0/s1. The van der Waals surface area contributed by atoms with Crippen LogP contribution in [0.3, 0.4) is 0 Å². The van der Waals surface area contributed by atoms with Gasteiger partial charge in [0, 0.05) is 27.2 Å². The quantitative estimate of drug-likeness (QED) is 0.358. The summed E-state index contributed by atoms with van der Waals surface area (Å²) in [7, 11) is 0. The number of ether oxygens (including phenoxy) is 4. The summed E-state index contributed by atoms with van der Waals surface area (Å²) in [5.41, 5.74) is 0.278. The number of benzene rings is 1. The molecule has 2 heterocycles. The smallest absolute Gasteiger partial charge is 0.303 e. The van der Waals surface area contributed by atoms with Crippen molar-refractivity contribution in [1.29, 1.82) is 0 Å². The number of hydroxylamine groups is 2. The number of carbonyl (C=O) groups excluding carboxylic acids is 5. The average Bonchev–Trinajstić information content (AvgIpc) is 2.93. The molecule has 0 radical (unpaired) electrons. The van der Waals surface area contributed by atoms with Crippen LogP contribution in [-0.4, -0.2) is 66.0 Å². The Kier molecular flexibility index (Phi) is 6.66. The maximum absolute atomic E-state index is 12.6. The van der Waals surface area contributed by atoms with Crippen LogP contribution in [0.15, 0.2) is 24.3 Å². The van der Waals surface area contributed by atoms with Gasteiger partial charge in [0.1, 0.15) is 12.7 Å². The number of amides is 2. The van der Waals surface area contributed by atoms with Gasteiger partial charge in [-0.3, -0.25) is 24.0 Å². The highest BCUT2D eigenvalue weighted by Gasteiger charge is 2.48. The van der Waals surface area contributed by atoms with E-state index < -0.39 is 54.3 Å². The highest BCUT2D eigenvalue weighted by molar-refractivity contribution is 6.20. The molecule has 1 fully saturated rings. The lowest BCUT2D eigenvalue weighted by Crippen LogP contribution is -2.56. The zero-order chi connectivity index (χ0) is 22.7. The van der Waals surface area contributed by atoms with Crippen molar-refractivity contribution in [1.82, 2.24) is 5.06 Å². The van der Waals surface area contributed by atoms with Crippen molar-refractivity contribution in [3.05, 3.63) is 35.4 Å². The van der Waals surface area contributed by atoms with Crippen molar-refractivity contribution in [2.45, 2.75) is 51.8 Å². The van der Waals surface area contributed by atoms with Gasteiger partial charge >= 0.3 is 17.9 Å². The predicted molar refractivity (Wildman–Crippen MR) is 99.0 cm³/mol. The van der Waals surface area contributed by atoms with Crippen molar-refractivity contribution in [2.24, 2.45) is 0 Å². The molecule has 0 aromatic heterocycles. The van der Waals surface area contributed by atoms with Crippen molar-refractivity contribution < 1.29 is 47.8 Å². The summed E-state index contributed by atoms with van der Waals surface area (Å²) in [4.78, 5) is 65.2. The molecule has 166 valence electrons. The molecule has 2 aliphatic rings. The number of fused-ring (bicyclic) bond motifs is 1. The van der Waals surface area contributed by atoms with Gasteiger partial charge in [0.05, 0.1) is 17.2 Å². The van der Waals surface area contributed by atoms with E-state index in [1.54, 1.807) is 12.1 Å². The van der Waals surface area contributed by atoms with E-state index in [0.717, 1.165) is 6.92 Å². The first-order valence-electron chi connectivity index (χ1n) is 9.45. The lowest BCUT2D eigenvalue weighted by Gasteiger charge is -2.40. The Morgan fingerprint density at radius 1 is 0.968 bits per heavy atom. The van der Waals surface area contributed by atoms with E-state index in [2.05, 4.69) is 0 Å². The number of imide groups is 1. The fourth-order valence-corrected chi connectivity index (χ4v) is 3.31. The molecule has 0 spiro atoms. The van der Waals surface area contributed by atoms with E-state index >= 15 is 0 Å². The summed E-state index contributed by atoms with van der Waals surface area (Å²) in [6.07, 6.45) is -4.60. The molecule has 11 heteroatoms. The Hall–Kier alpha value is -3.31. The van der Waals surface area contributed by atoms with Gasteiger partial charge in [0.25, 0.3) is 11.8 Å². The van der Waals surface area contributed by atoms with Crippen LogP contribution >= 0.6 is 0 Å². The summed E-state index contributed by atoms with van der Waals surface area (Å²) in [6.45, 7) is 3.30. The van der Waals surface area contributed by atoms with Gasteiger partial charge in [-0.25, -0.2) is 4.84 Å². The Balaban J connectivity index is 1.86. The van der Waals surface area contributed by atoms with Crippen LogP contribution in [0.4, 0.5) is 0 Å². The van der Waals surface area contributed by atoms with Crippen molar-refractivity contribution in [3.63, 3.8) is 0 Å². The lowest BCUT2D eigenvalue weighted by atomic mass is 10.0. The van der Waals surface area contributed by atoms with E-state index in [0.29, 0.717) is 5.06 Å². The van der Waals surface area contributed by atoms with E-state index in [1.165, 1.54) is 26.0 Å². The molecule has 2 aliphatic heterocycles. The van der Waals surface area contributed by atoms with Crippen LogP contribution < -0.4 is 0 Å². The van der Waals surface area contributed by atoms with Gasteiger partial charge in [-0.2, -0.15) is 0 Å². The monoisotopic (exact) mass is 435 g/mol. The molecule has 0 saturated carbocycles. The Labute approximate surface area is 177 Å². The second kappa shape index (κ2) is 9.23. The average molecular weight is 435 g/mol. The molecule has 1 aromatic carbocycles. The fraction of sp³-hybridized carbons (Fsp3) is 0.450. The fourth-order valence-electron chi connectivity index (χ4n) is 3.31. The van der Waals surface area contributed by atoms with Crippen molar-refractivity contribution in [3.8, 4) is 0 Å². The molecule has 3 rings (SSSR count). The van der Waals surface area contributed by atoms with Crippen LogP contribution in [0.2, 0.25) is 0 Å². The predicted octanol–water partition coefficient (Wildman–Crippen LogP) is 0.756. The summed E-state index contributed by atoms with van der Waals surface area (Å²) in [5.74, 6) is -3.39. The molecule has 0 bridgehead atoms. The third-order valence-electron chi connectivity index (χ3n) is 4.51. The highest BCUT2D eigenvalue weighted by Crippen LogP contribution is 2.30. The third-order valence-corrected chi connectivity index (χ3v) is 4.51. The van der Waals surface area contributed by atoms with Crippen LogP contribution in [0, 0.1) is 0 Å². The molecular weight excluding hydrogens is 414 g/mol.